The van der Waals surface area contributed by atoms with Crippen molar-refractivity contribution >= 4 is 48.0 Å². The van der Waals surface area contributed by atoms with E-state index in [1.807, 2.05) is 19.0 Å². The highest BCUT2D eigenvalue weighted by atomic mass is 35.5. The highest BCUT2D eigenvalue weighted by Gasteiger charge is 2.20. The molecule has 1 aromatic rings. The van der Waals surface area contributed by atoms with Crippen LogP contribution in [0.2, 0.25) is 0 Å². The second kappa shape index (κ2) is 11.3. The molecule has 1 unspecified atom stereocenters. The van der Waals surface area contributed by atoms with Crippen LogP contribution in [0.3, 0.4) is 0 Å². The Morgan fingerprint density at radius 2 is 1.71 bits per heavy atom. The number of halogens is 2. The van der Waals surface area contributed by atoms with Crippen LogP contribution < -0.4 is 16.0 Å². The average Bonchev–Trinajstić information content (AvgIpc) is 2.49. The number of carbonyl (C=O) groups excluding carboxylic acids is 2. The third kappa shape index (κ3) is 7.49. The summed E-state index contributed by atoms with van der Waals surface area (Å²) in [4.78, 5) is 25.6. The molecule has 8 heteroatoms. The first kappa shape index (κ1) is 22.7. The van der Waals surface area contributed by atoms with Gasteiger partial charge in [0, 0.05) is 17.9 Å². The fourth-order valence-corrected chi connectivity index (χ4v) is 2.44. The number of amides is 2. The number of piperidine rings is 1. The predicted molar refractivity (Wildman–Crippen MR) is 102 cm³/mol. The summed E-state index contributed by atoms with van der Waals surface area (Å²) in [5.74, 6) is 0.0277. The Bertz CT molecular complexity index is 517. The Morgan fingerprint density at radius 1 is 1.12 bits per heavy atom. The van der Waals surface area contributed by atoms with E-state index < -0.39 is 0 Å². The van der Waals surface area contributed by atoms with Gasteiger partial charge in [-0.3, -0.25) is 9.59 Å². The quantitative estimate of drug-likeness (QED) is 0.734. The molecule has 0 saturated carbocycles. The number of nitrogens with one attached hydrogen (secondary N) is 3. The van der Waals surface area contributed by atoms with E-state index in [4.69, 9.17) is 0 Å². The van der Waals surface area contributed by atoms with Gasteiger partial charge >= 0.3 is 0 Å². The van der Waals surface area contributed by atoms with Crippen LogP contribution in [-0.4, -0.2) is 50.4 Å². The lowest BCUT2D eigenvalue weighted by molar-refractivity contribution is -0.120. The first-order valence-electron chi connectivity index (χ1n) is 7.61. The molecule has 0 aliphatic carbocycles. The summed E-state index contributed by atoms with van der Waals surface area (Å²) in [6.45, 7) is 2.07. The Kier molecular flexibility index (Phi) is 10.6. The van der Waals surface area contributed by atoms with Gasteiger partial charge in [-0.25, -0.2) is 0 Å². The fourth-order valence-electron chi connectivity index (χ4n) is 2.44. The van der Waals surface area contributed by atoms with Gasteiger partial charge in [-0.05, 0) is 57.7 Å². The molecule has 1 aliphatic rings. The van der Waals surface area contributed by atoms with Crippen molar-refractivity contribution in [2.75, 3.05) is 44.4 Å². The second-order valence-electron chi connectivity index (χ2n) is 5.90. The minimum absolute atomic E-state index is 0. The van der Waals surface area contributed by atoms with E-state index in [2.05, 4.69) is 16.0 Å². The Labute approximate surface area is 155 Å². The maximum Gasteiger partial charge on any atom is 0.238 e. The van der Waals surface area contributed by atoms with Gasteiger partial charge in [-0.15, -0.1) is 24.8 Å². The largest absolute Gasteiger partial charge is 0.326 e. The molecule has 2 amide bonds. The minimum Gasteiger partial charge on any atom is -0.326 e. The van der Waals surface area contributed by atoms with Crippen LogP contribution in [-0.2, 0) is 9.59 Å². The molecule has 136 valence electrons. The molecule has 24 heavy (non-hydrogen) atoms. The van der Waals surface area contributed by atoms with Crippen LogP contribution in [0, 0.1) is 5.92 Å². The monoisotopic (exact) mass is 376 g/mol. The van der Waals surface area contributed by atoms with Gasteiger partial charge in [0.1, 0.15) is 0 Å². The number of anilines is 2. The topological polar surface area (TPSA) is 73.5 Å². The zero-order valence-electron chi connectivity index (χ0n) is 14.0. The van der Waals surface area contributed by atoms with Crippen LogP contribution >= 0.6 is 24.8 Å². The fraction of sp³-hybridized carbons (Fsp3) is 0.500. The maximum absolute atomic E-state index is 12.1. The van der Waals surface area contributed by atoms with Crippen LogP contribution in [0.4, 0.5) is 11.4 Å². The van der Waals surface area contributed by atoms with E-state index in [0.29, 0.717) is 6.54 Å². The van der Waals surface area contributed by atoms with E-state index >= 15 is 0 Å². The van der Waals surface area contributed by atoms with Crippen LogP contribution in [0.15, 0.2) is 24.3 Å². The summed E-state index contributed by atoms with van der Waals surface area (Å²) >= 11 is 0. The van der Waals surface area contributed by atoms with Gasteiger partial charge in [0.2, 0.25) is 11.8 Å². The average molecular weight is 377 g/mol. The molecule has 0 radical (unpaired) electrons. The molecule has 3 N–H and O–H groups in total. The van der Waals surface area contributed by atoms with Crippen LogP contribution in [0.1, 0.15) is 12.8 Å². The summed E-state index contributed by atoms with van der Waals surface area (Å²) in [6, 6.07) is 7.20. The van der Waals surface area contributed by atoms with Gasteiger partial charge in [-0.2, -0.15) is 0 Å². The summed E-state index contributed by atoms with van der Waals surface area (Å²) in [7, 11) is 3.69. The zero-order chi connectivity index (χ0) is 15.9. The van der Waals surface area contributed by atoms with Gasteiger partial charge in [0.05, 0.1) is 12.5 Å². The summed E-state index contributed by atoms with van der Waals surface area (Å²) < 4.78 is 0. The van der Waals surface area contributed by atoms with Gasteiger partial charge in [0.15, 0.2) is 0 Å². The Morgan fingerprint density at radius 3 is 2.21 bits per heavy atom. The lowest BCUT2D eigenvalue weighted by Crippen LogP contribution is -2.37. The van der Waals surface area contributed by atoms with Crippen molar-refractivity contribution in [3.05, 3.63) is 24.3 Å². The van der Waals surface area contributed by atoms with Crippen molar-refractivity contribution in [2.45, 2.75) is 12.8 Å². The predicted octanol–water partition coefficient (Wildman–Crippen LogP) is 1.97. The number of benzene rings is 1. The van der Waals surface area contributed by atoms with E-state index in [-0.39, 0.29) is 42.5 Å². The van der Waals surface area contributed by atoms with Crippen molar-refractivity contribution in [3.63, 3.8) is 0 Å². The SMILES string of the molecule is CN(C)CC(=O)Nc1ccc(NC(=O)C2CCCNC2)cc1.Cl.Cl. The van der Waals surface area contributed by atoms with Crippen molar-refractivity contribution in [1.82, 2.24) is 10.2 Å². The zero-order valence-corrected chi connectivity index (χ0v) is 15.6. The summed E-state index contributed by atoms with van der Waals surface area (Å²) in [6.07, 6.45) is 1.96. The standard InChI is InChI=1S/C16H24N4O2.2ClH/c1-20(2)11-15(21)18-13-5-7-14(8-6-13)19-16(22)12-4-3-9-17-10-12;;/h5-8,12,17H,3-4,9-11H2,1-2H3,(H,18,21)(H,19,22);2*1H. The van der Waals surface area contributed by atoms with Gasteiger partial charge in [0.25, 0.3) is 0 Å². The maximum atomic E-state index is 12.1. The van der Waals surface area contributed by atoms with E-state index in [9.17, 15) is 9.59 Å². The third-order valence-corrected chi connectivity index (χ3v) is 3.56. The number of hydrogen-bond acceptors (Lipinski definition) is 4. The molecule has 6 nitrogen and oxygen atoms in total. The Hall–Kier alpha value is -1.34. The summed E-state index contributed by atoms with van der Waals surface area (Å²) in [5.41, 5.74) is 1.48. The second-order valence-corrected chi connectivity index (χ2v) is 5.90. The molecule has 2 rings (SSSR count). The lowest BCUT2D eigenvalue weighted by atomic mass is 9.99. The molecule has 1 aromatic carbocycles. The highest BCUT2D eigenvalue weighted by molar-refractivity contribution is 5.94. The molecule has 1 saturated heterocycles. The lowest BCUT2D eigenvalue weighted by Gasteiger charge is -2.21. The van der Waals surface area contributed by atoms with Crippen molar-refractivity contribution in [3.8, 4) is 0 Å². The molecule has 1 atom stereocenters. The van der Waals surface area contributed by atoms with E-state index in [1.54, 1.807) is 24.3 Å². The minimum atomic E-state index is -0.0601. The third-order valence-electron chi connectivity index (χ3n) is 3.56. The normalized spacial score (nSPS) is 16.5. The number of rotatable bonds is 5. The smallest absolute Gasteiger partial charge is 0.238 e. The molecule has 1 heterocycles. The number of carbonyl (C=O) groups is 2. The van der Waals surface area contributed by atoms with Crippen molar-refractivity contribution in [2.24, 2.45) is 5.92 Å². The number of hydrogen-bond donors (Lipinski definition) is 3. The van der Waals surface area contributed by atoms with Crippen molar-refractivity contribution < 1.29 is 9.59 Å². The highest BCUT2D eigenvalue weighted by Crippen LogP contribution is 2.16. The van der Waals surface area contributed by atoms with Gasteiger partial charge < -0.3 is 20.9 Å². The van der Waals surface area contributed by atoms with E-state index in [1.165, 1.54) is 0 Å². The Balaban J connectivity index is 0.00000264. The first-order chi connectivity index (χ1) is 10.5. The molecular formula is C16H26Cl2N4O2. The van der Waals surface area contributed by atoms with Crippen molar-refractivity contribution in [1.29, 1.82) is 0 Å². The number of likely N-dealkylation sites (N-methyl/N-ethyl adjacent to an activating group) is 1. The molecule has 0 bridgehead atoms. The van der Waals surface area contributed by atoms with Crippen LogP contribution in [0.5, 0.6) is 0 Å². The number of nitrogens with zero attached hydrogens (tertiary/aromatic N) is 1. The molecule has 0 spiro atoms. The van der Waals surface area contributed by atoms with Gasteiger partial charge in [-0.1, -0.05) is 0 Å². The van der Waals surface area contributed by atoms with E-state index in [0.717, 1.165) is 37.3 Å². The molecule has 0 aromatic heterocycles. The molecule has 1 fully saturated rings. The molecule has 1 aliphatic heterocycles. The summed E-state index contributed by atoms with van der Waals surface area (Å²) in [5, 5.41) is 8.97. The molecular weight excluding hydrogens is 351 g/mol. The van der Waals surface area contributed by atoms with Crippen LogP contribution in [0.25, 0.3) is 0 Å². The first-order valence-corrected chi connectivity index (χ1v) is 7.61.